The maximum atomic E-state index is 13.9. The zero-order chi connectivity index (χ0) is 41.3. The van der Waals surface area contributed by atoms with E-state index in [-0.39, 0.29) is 0 Å². The SMILES string of the molecule is CCCCCCCCCN(CCCC=O)CCC1CCN(C(=O)CN(CCCCCCCCC)CCN(CCCCCCCCC)CCCCCCCCC)CC1. The topological polar surface area (TPSA) is 47.1 Å². The van der Waals surface area contributed by atoms with Gasteiger partial charge in [0.15, 0.2) is 0 Å². The highest BCUT2D eigenvalue weighted by Gasteiger charge is 2.25. The maximum Gasteiger partial charge on any atom is 0.236 e. The number of hydrogen-bond donors (Lipinski definition) is 0. The van der Waals surface area contributed by atoms with Crippen LogP contribution in [0.2, 0.25) is 0 Å². The van der Waals surface area contributed by atoms with Crippen molar-refractivity contribution in [3.63, 3.8) is 0 Å². The molecule has 338 valence electrons. The summed E-state index contributed by atoms with van der Waals surface area (Å²) in [5.74, 6) is 1.09. The zero-order valence-electron chi connectivity index (χ0n) is 39.4. The van der Waals surface area contributed by atoms with Crippen molar-refractivity contribution in [2.45, 2.75) is 240 Å². The molecule has 0 aromatic heterocycles. The summed E-state index contributed by atoms with van der Waals surface area (Å²) in [5.41, 5.74) is 0. The number of carbonyl (C=O) groups excluding carboxylic acids is 2. The average Bonchev–Trinajstić information content (AvgIpc) is 3.22. The number of aldehydes is 1. The van der Waals surface area contributed by atoms with Crippen molar-refractivity contribution < 1.29 is 9.59 Å². The van der Waals surface area contributed by atoms with Gasteiger partial charge in [-0.05, 0) is 96.6 Å². The molecule has 0 radical (unpaired) electrons. The lowest BCUT2D eigenvalue weighted by molar-refractivity contribution is -0.134. The fourth-order valence-electron chi connectivity index (χ4n) is 8.92. The van der Waals surface area contributed by atoms with Crippen molar-refractivity contribution in [3.05, 3.63) is 0 Å². The summed E-state index contributed by atoms with van der Waals surface area (Å²) in [6, 6.07) is 0. The van der Waals surface area contributed by atoms with Crippen LogP contribution in [0.5, 0.6) is 0 Å². The van der Waals surface area contributed by atoms with E-state index >= 15 is 0 Å². The molecule has 1 heterocycles. The van der Waals surface area contributed by atoms with Crippen molar-refractivity contribution in [2.75, 3.05) is 72.0 Å². The van der Waals surface area contributed by atoms with Crippen LogP contribution in [0.4, 0.5) is 0 Å². The van der Waals surface area contributed by atoms with Gasteiger partial charge in [0, 0.05) is 32.6 Å². The Labute approximate surface area is 357 Å². The van der Waals surface area contributed by atoms with Crippen molar-refractivity contribution in [1.29, 1.82) is 0 Å². The largest absolute Gasteiger partial charge is 0.342 e. The van der Waals surface area contributed by atoms with Crippen molar-refractivity contribution in [2.24, 2.45) is 5.92 Å². The third-order valence-corrected chi connectivity index (χ3v) is 13.0. The Hall–Kier alpha value is -0.980. The number of amides is 1. The number of piperidine rings is 1. The van der Waals surface area contributed by atoms with E-state index in [4.69, 9.17) is 0 Å². The lowest BCUT2D eigenvalue weighted by Crippen LogP contribution is -2.46. The molecular formula is C51H102N4O2. The third kappa shape index (κ3) is 33.4. The molecule has 57 heavy (non-hydrogen) atoms. The van der Waals surface area contributed by atoms with Gasteiger partial charge in [0.25, 0.3) is 0 Å². The van der Waals surface area contributed by atoms with Crippen LogP contribution in [-0.4, -0.2) is 104 Å². The van der Waals surface area contributed by atoms with Crippen LogP contribution in [0.3, 0.4) is 0 Å². The molecule has 0 aromatic rings. The summed E-state index contributed by atoms with van der Waals surface area (Å²) in [4.78, 5) is 35.1. The Kier molecular flexibility index (Phi) is 39.6. The molecule has 6 nitrogen and oxygen atoms in total. The van der Waals surface area contributed by atoms with Gasteiger partial charge in [-0.25, -0.2) is 0 Å². The summed E-state index contributed by atoms with van der Waals surface area (Å²) in [6.45, 7) is 20.7. The molecule has 6 heteroatoms. The van der Waals surface area contributed by atoms with Gasteiger partial charge in [-0.2, -0.15) is 0 Å². The molecule has 1 saturated heterocycles. The molecule has 1 amide bonds. The lowest BCUT2D eigenvalue weighted by atomic mass is 9.93. The first-order chi connectivity index (χ1) is 28.1. The number of rotatable bonds is 44. The molecule has 0 spiro atoms. The van der Waals surface area contributed by atoms with Crippen molar-refractivity contribution >= 4 is 12.2 Å². The highest BCUT2D eigenvalue weighted by Crippen LogP contribution is 2.22. The maximum absolute atomic E-state index is 13.9. The van der Waals surface area contributed by atoms with Crippen molar-refractivity contribution in [3.8, 4) is 0 Å². The smallest absolute Gasteiger partial charge is 0.236 e. The van der Waals surface area contributed by atoms with Gasteiger partial charge in [-0.15, -0.1) is 0 Å². The predicted molar refractivity (Wildman–Crippen MR) is 251 cm³/mol. The molecule has 0 unspecified atom stereocenters. The van der Waals surface area contributed by atoms with Gasteiger partial charge in [-0.3, -0.25) is 9.69 Å². The Bertz CT molecular complexity index is 829. The van der Waals surface area contributed by atoms with Crippen LogP contribution in [0.15, 0.2) is 0 Å². The van der Waals surface area contributed by atoms with Crippen molar-refractivity contribution in [1.82, 2.24) is 19.6 Å². The van der Waals surface area contributed by atoms with E-state index in [2.05, 4.69) is 47.3 Å². The summed E-state index contributed by atoms with van der Waals surface area (Å²) >= 11 is 0. The van der Waals surface area contributed by atoms with Crippen LogP contribution in [0, 0.1) is 5.92 Å². The minimum Gasteiger partial charge on any atom is -0.342 e. The standard InChI is InChI=1S/C51H102N4O2/c1-5-9-13-17-21-25-29-38-52(41-33-34-48-56)43-35-50-36-44-55(45-37-50)51(57)49-54(42-32-28-24-20-16-12-8-4)47-46-53(39-30-26-22-18-14-10-6-2)40-31-27-23-19-15-11-7-3/h48,50H,5-47,49H2,1-4H3. The molecule has 1 rings (SSSR count). The predicted octanol–water partition coefficient (Wildman–Crippen LogP) is 13.5. The Balaban J connectivity index is 2.68. The van der Waals surface area contributed by atoms with E-state index < -0.39 is 0 Å². The quantitative estimate of drug-likeness (QED) is 0.0454. The van der Waals surface area contributed by atoms with Crippen LogP contribution in [0.1, 0.15) is 240 Å². The van der Waals surface area contributed by atoms with E-state index in [1.165, 1.54) is 206 Å². The molecule has 0 aromatic carbocycles. The van der Waals surface area contributed by atoms with Crippen LogP contribution in [-0.2, 0) is 9.59 Å². The molecule has 0 N–H and O–H groups in total. The Morgan fingerprint density at radius 3 is 1.18 bits per heavy atom. The summed E-state index contributed by atoms with van der Waals surface area (Å²) in [6.07, 6.45) is 44.2. The first kappa shape index (κ1) is 54.0. The first-order valence-electron chi connectivity index (χ1n) is 26.0. The minimum absolute atomic E-state index is 0.372. The molecule has 1 aliphatic heterocycles. The zero-order valence-corrected chi connectivity index (χ0v) is 39.4. The van der Waals surface area contributed by atoms with Crippen LogP contribution in [0.25, 0.3) is 0 Å². The van der Waals surface area contributed by atoms with E-state index in [9.17, 15) is 9.59 Å². The minimum atomic E-state index is 0.372. The fourth-order valence-corrected chi connectivity index (χ4v) is 8.92. The lowest BCUT2D eigenvalue weighted by Gasteiger charge is -2.35. The number of unbranched alkanes of at least 4 members (excludes halogenated alkanes) is 25. The molecule has 0 atom stereocenters. The second-order valence-corrected chi connectivity index (χ2v) is 18.4. The number of hydrogen-bond acceptors (Lipinski definition) is 5. The first-order valence-corrected chi connectivity index (χ1v) is 26.0. The van der Waals surface area contributed by atoms with Gasteiger partial charge >= 0.3 is 0 Å². The number of nitrogens with zero attached hydrogens (tertiary/aromatic N) is 4. The molecule has 0 aliphatic carbocycles. The van der Waals surface area contributed by atoms with E-state index in [0.717, 1.165) is 71.4 Å². The third-order valence-electron chi connectivity index (χ3n) is 13.0. The molecule has 1 fully saturated rings. The normalized spacial score (nSPS) is 13.8. The van der Waals surface area contributed by atoms with E-state index in [0.29, 0.717) is 24.8 Å². The van der Waals surface area contributed by atoms with Gasteiger partial charge in [0.05, 0.1) is 6.54 Å². The molecule has 1 aliphatic rings. The van der Waals surface area contributed by atoms with Gasteiger partial charge in [-0.1, -0.05) is 182 Å². The number of likely N-dealkylation sites (tertiary alicyclic amines) is 1. The highest BCUT2D eigenvalue weighted by atomic mass is 16.2. The van der Waals surface area contributed by atoms with Gasteiger partial charge in [0.1, 0.15) is 6.29 Å². The molecule has 0 bridgehead atoms. The summed E-state index contributed by atoms with van der Waals surface area (Å²) < 4.78 is 0. The van der Waals surface area contributed by atoms with Crippen LogP contribution >= 0.6 is 0 Å². The Morgan fingerprint density at radius 1 is 0.439 bits per heavy atom. The highest BCUT2D eigenvalue weighted by molar-refractivity contribution is 5.78. The van der Waals surface area contributed by atoms with Crippen LogP contribution < -0.4 is 0 Å². The Morgan fingerprint density at radius 2 is 0.772 bits per heavy atom. The fraction of sp³-hybridized carbons (Fsp3) is 0.961. The summed E-state index contributed by atoms with van der Waals surface area (Å²) in [5, 5.41) is 0. The van der Waals surface area contributed by atoms with E-state index in [1.807, 2.05) is 0 Å². The monoisotopic (exact) mass is 803 g/mol. The molecule has 0 saturated carbocycles. The van der Waals surface area contributed by atoms with E-state index in [1.54, 1.807) is 0 Å². The summed E-state index contributed by atoms with van der Waals surface area (Å²) in [7, 11) is 0. The molecular weight excluding hydrogens is 701 g/mol. The second-order valence-electron chi connectivity index (χ2n) is 18.4. The second kappa shape index (κ2) is 41.7. The average molecular weight is 803 g/mol. The number of carbonyl (C=O) groups is 2. The van der Waals surface area contributed by atoms with Gasteiger partial charge < -0.3 is 19.5 Å². The van der Waals surface area contributed by atoms with Gasteiger partial charge in [0.2, 0.25) is 5.91 Å².